The molecule has 0 N–H and O–H groups in total. The van der Waals surface area contributed by atoms with Crippen LogP contribution in [0.4, 0.5) is 4.39 Å². The van der Waals surface area contributed by atoms with Gasteiger partial charge in [0.2, 0.25) is 0 Å². The minimum atomic E-state index is -0.372. The minimum absolute atomic E-state index is 0.165. The predicted octanol–water partition coefficient (Wildman–Crippen LogP) is 8.37. The summed E-state index contributed by atoms with van der Waals surface area (Å²) in [6.45, 7) is 2.29. The third-order valence-corrected chi connectivity index (χ3v) is 6.44. The first-order valence-electron chi connectivity index (χ1n) is 10.1. The van der Waals surface area contributed by atoms with Gasteiger partial charge in [-0.2, -0.15) is 0 Å². The molecule has 27 heavy (non-hydrogen) atoms. The highest BCUT2D eigenvalue weighted by Gasteiger charge is 2.21. The van der Waals surface area contributed by atoms with Crippen LogP contribution in [0.25, 0.3) is 21.9 Å². The van der Waals surface area contributed by atoms with E-state index >= 15 is 0 Å². The molecule has 2 heteroatoms. The Morgan fingerprint density at radius 1 is 0.852 bits per heavy atom. The maximum atomic E-state index is 13.8. The topological polar surface area (TPSA) is 0 Å². The van der Waals surface area contributed by atoms with Gasteiger partial charge < -0.3 is 0 Å². The Hall–Kier alpha value is -1.86. The molecule has 4 rings (SSSR count). The molecule has 0 spiro atoms. The van der Waals surface area contributed by atoms with E-state index in [-0.39, 0.29) is 10.8 Å². The van der Waals surface area contributed by atoms with Crippen molar-refractivity contribution >= 4 is 22.4 Å². The zero-order chi connectivity index (χ0) is 18.8. The highest BCUT2D eigenvalue weighted by Crippen LogP contribution is 2.38. The largest absolute Gasteiger partial charge is 0.205 e. The molecule has 3 aromatic rings. The molecule has 0 atom stereocenters. The molecular formula is C25H26ClF. The zero-order valence-corrected chi connectivity index (χ0v) is 16.6. The van der Waals surface area contributed by atoms with E-state index in [9.17, 15) is 4.39 Å². The van der Waals surface area contributed by atoms with E-state index in [0.717, 1.165) is 17.0 Å². The van der Waals surface area contributed by atoms with Gasteiger partial charge in [0.15, 0.2) is 0 Å². The summed E-state index contributed by atoms with van der Waals surface area (Å²) >= 11 is 5.81. The van der Waals surface area contributed by atoms with Crippen LogP contribution in [0.1, 0.15) is 56.9 Å². The lowest BCUT2D eigenvalue weighted by Crippen LogP contribution is -2.13. The van der Waals surface area contributed by atoms with Gasteiger partial charge in [0.1, 0.15) is 5.82 Å². The fraction of sp³-hybridized carbons (Fsp3) is 0.360. The summed E-state index contributed by atoms with van der Waals surface area (Å²) < 4.78 is 13.8. The van der Waals surface area contributed by atoms with E-state index in [1.807, 2.05) is 6.07 Å². The fourth-order valence-corrected chi connectivity index (χ4v) is 4.68. The summed E-state index contributed by atoms with van der Waals surface area (Å²) in [7, 11) is 0. The molecule has 0 nitrogen and oxygen atoms in total. The van der Waals surface area contributed by atoms with Crippen molar-refractivity contribution in [3.05, 3.63) is 71.0 Å². The van der Waals surface area contributed by atoms with Crippen molar-refractivity contribution in [1.82, 2.24) is 0 Å². The standard InChI is InChI=1S/C25H26ClF/c1-2-3-17-4-6-18(7-5-17)19-8-9-21-15-22(11-10-20(21)14-19)23-12-13-24(26)25(27)16-23/h8-18H,2-7H2,1H3. The van der Waals surface area contributed by atoms with Gasteiger partial charge in [-0.15, -0.1) is 0 Å². The molecule has 0 amide bonds. The molecule has 1 aliphatic carbocycles. The van der Waals surface area contributed by atoms with Crippen LogP contribution < -0.4 is 0 Å². The summed E-state index contributed by atoms with van der Waals surface area (Å²) in [5.41, 5.74) is 3.35. The molecule has 0 unspecified atom stereocenters. The van der Waals surface area contributed by atoms with Gasteiger partial charge in [0.25, 0.3) is 0 Å². The smallest absolute Gasteiger partial charge is 0.142 e. The molecular weight excluding hydrogens is 355 g/mol. The quantitative estimate of drug-likeness (QED) is 0.426. The second kappa shape index (κ2) is 8.02. The second-order valence-electron chi connectivity index (χ2n) is 7.96. The number of benzene rings is 3. The van der Waals surface area contributed by atoms with Gasteiger partial charge >= 0.3 is 0 Å². The van der Waals surface area contributed by atoms with E-state index in [1.54, 1.807) is 6.07 Å². The SMILES string of the molecule is CCCC1CCC(c2ccc3cc(-c4ccc(Cl)c(F)c4)ccc3c2)CC1. The van der Waals surface area contributed by atoms with Crippen LogP contribution >= 0.6 is 11.6 Å². The Balaban J connectivity index is 1.56. The lowest BCUT2D eigenvalue weighted by atomic mass is 9.77. The van der Waals surface area contributed by atoms with Gasteiger partial charge in [0, 0.05) is 0 Å². The first-order valence-corrected chi connectivity index (χ1v) is 10.5. The average molecular weight is 381 g/mol. The Kier molecular flexibility index (Phi) is 5.50. The minimum Gasteiger partial charge on any atom is -0.205 e. The van der Waals surface area contributed by atoms with Crippen LogP contribution in [0.5, 0.6) is 0 Å². The number of rotatable bonds is 4. The van der Waals surface area contributed by atoms with E-state index in [1.165, 1.54) is 60.9 Å². The predicted molar refractivity (Wildman–Crippen MR) is 114 cm³/mol. The molecule has 1 fully saturated rings. The van der Waals surface area contributed by atoms with Crippen LogP contribution in [0.15, 0.2) is 54.6 Å². The van der Waals surface area contributed by atoms with Crippen molar-refractivity contribution in [3.63, 3.8) is 0 Å². The number of hydrogen-bond acceptors (Lipinski definition) is 0. The van der Waals surface area contributed by atoms with Gasteiger partial charge in [-0.1, -0.05) is 67.8 Å². The van der Waals surface area contributed by atoms with Crippen LogP contribution in [0, 0.1) is 11.7 Å². The zero-order valence-electron chi connectivity index (χ0n) is 15.8. The summed E-state index contributed by atoms with van der Waals surface area (Å²) in [4.78, 5) is 0. The summed E-state index contributed by atoms with van der Waals surface area (Å²) in [5.74, 6) is 1.27. The Bertz CT molecular complexity index is 938. The molecule has 0 aliphatic heterocycles. The highest BCUT2D eigenvalue weighted by atomic mass is 35.5. The molecule has 1 aliphatic rings. The monoisotopic (exact) mass is 380 g/mol. The average Bonchev–Trinajstić information content (AvgIpc) is 2.70. The van der Waals surface area contributed by atoms with Crippen molar-refractivity contribution in [2.45, 2.75) is 51.4 Å². The van der Waals surface area contributed by atoms with E-state index in [2.05, 4.69) is 43.3 Å². The van der Waals surface area contributed by atoms with E-state index in [0.29, 0.717) is 5.92 Å². The molecule has 3 aromatic carbocycles. The third-order valence-electron chi connectivity index (χ3n) is 6.13. The van der Waals surface area contributed by atoms with Crippen LogP contribution in [-0.2, 0) is 0 Å². The summed E-state index contributed by atoms with van der Waals surface area (Å²) in [6, 6.07) is 18.2. The van der Waals surface area contributed by atoms with Crippen LogP contribution in [-0.4, -0.2) is 0 Å². The molecule has 0 saturated heterocycles. The number of hydrogen-bond donors (Lipinski definition) is 0. The van der Waals surface area contributed by atoms with Crippen molar-refractivity contribution in [1.29, 1.82) is 0 Å². The van der Waals surface area contributed by atoms with Gasteiger partial charge in [-0.05, 0) is 83.2 Å². The van der Waals surface area contributed by atoms with Crippen molar-refractivity contribution in [3.8, 4) is 11.1 Å². The van der Waals surface area contributed by atoms with Gasteiger partial charge in [-0.25, -0.2) is 4.39 Å². The van der Waals surface area contributed by atoms with Gasteiger partial charge in [0.05, 0.1) is 5.02 Å². The molecule has 0 heterocycles. The van der Waals surface area contributed by atoms with Crippen molar-refractivity contribution in [2.75, 3.05) is 0 Å². The van der Waals surface area contributed by atoms with E-state index in [4.69, 9.17) is 11.6 Å². The highest BCUT2D eigenvalue weighted by molar-refractivity contribution is 6.30. The molecule has 0 aromatic heterocycles. The normalized spacial score (nSPS) is 20.1. The lowest BCUT2D eigenvalue weighted by Gasteiger charge is -2.28. The molecule has 0 radical (unpaired) electrons. The Morgan fingerprint density at radius 2 is 1.52 bits per heavy atom. The van der Waals surface area contributed by atoms with Crippen molar-refractivity contribution < 1.29 is 4.39 Å². The lowest BCUT2D eigenvalue weighted by molar-refractivity contribution is 0.308. The van der Waals surface area contributed by atoms with Crippen LogP contribution in [0.3, 0.4) is 0 Å². The fourth-order valence-electron chi connectivity index (χ4n) is 4.57. The Morgan fingerprint density at radius 3 is 2.26 bits per heavy atom. The summed E-state index contributed by atoms with van der Waals surface area (Å²) in [5, 5.41) is 2.63. The second-order valence-corrected chi connectivity index (χ2v) is 8.36. The molecule has 140 valence electrons. The maximum absolute atomic E-state index is 13.8. The maximum Gasteiger partial charge on any atom is 0.142 e. The van der Waals surface area contributed by atoms with Gasteiger partial charge in [-0.3, -0.25) is 0 Å². The first kappa shape index (κ1) is 18.5. The van der Waals surface area contributed by atoms with E-state index < -0.39 is 0 Å². The third kappa shape index (κ3) is 4.04. The van der Waals surface area contributed by atoms with Crippen LogP contribution in [0.2, 0.25) is 5.02 Å². The number of halogens is 2. The molecule has 0 bridgehead atoms. The first-order chi connectivity index (χ1) is 13.1. The Labute approximate surface area is 166 Å². The van der Waals surface area contributed by atoms with Crippen molar-refractivity contribution in [2.24, 2.45) is 5.92 Å². The summed E-state index contributed by atoms with van der Waals surface area (Å²) in [6.07, 6.45) is 8.08. The number of fused-ring (bicyclic) bond motifs is 1. The molecule has 1 saturated carbocycles.